The quantitative estimate of drug-likeness (QED) is 0.364. The van der Waals surface area contributed by atoms with Crippen LogP contribution in [0.1, 0.15) is 23.9 Å². The summed E-state index contributed by atoms with van der Waals surface area (Å²) in [6.07, 6.45) is 2.55. The predicted octanol–water partition coefficient (Wildman–Crippen LogP) is 3.70. The topological polar surface area (TPSA) is 123 Å². The van der Waals surface area contributed by atoms with E-state index in [4.69, 9.17) is 4.42 Å². The van der Waals surface area contributed by atoms with E-state index in [1.807, 2.05) is 0 Å². The maximum Gasteiger partial charge on any atom is 0.255 e. The molecule has 0 saturated heterocycles. The monoisotopic (exact) mass is 544 g/mol. The highest BCUT2D eigenvalue weighted by atomic mass is 32.2. The van der Waals surface area contributed by atoms with Gasteiger partial charge in [-0.15, -0.1) is 0 Å². The van der Waals surface area contributed by atoms with Gasteiger partial charge in [0.15, 0.2) is 15.6 Å². The second kappa shape index (κ2) is 9.90. The maximum absolute atomic E-state index is 14.8. The Morgan fingerprint density at radius 3 is 2.21 bits per heavy atom. The smallest absolute Gasteiger partial charge is 0.255 e. The molecule has 0 aliphatic rings. The minimum atomic E-state index is -3.48. The summed E-state index contributed by atoms with van der Waals surface area (Å²) < 4.78 is 59.8. The first-order chi connectivity index (χ1) is 17.8. The first-order valence-corrected chi connectivity index (χ1v) is 13.4. The van der Waals surface area contributed by atoms with Gasteiger partial charge in [-0.2, -0.15) is 0 Å². The molecule has 2 aromatic carbocycles. The molecule has 0 spiro atoms. The van der Waals surface area contributed by atoms with Gasteiger partial charge in [-0.3, -0.25) is 9.36 Å². The summed E-state index contributed by atoms with van der Waals surface area (Å²) in [5.41, 5.74) is 0.0943. The highest BCUT2D eigenvalue weighted by molar-refractivity contribution is 7.90. The Morgan fingerprint density at radius 2 is 1.66 bits per heavy atom. The number of pyridine rings is 1. The fourth-order valence-electron chi connectivity index (χ4n) is 4.13. The van der Waals surface area contributed by atoms with E-state index < -0.39 is 45.7 Å². The Bertz CT molecular complexity index is 1680. The van der Waals surface area contributed by atoms with Gasteiger partial charge in [0, 0.05) is 30.1 Å². The molecule has 38 heavy (non-hydrogen) atoms. The minimum Gasteiger partial charge on any atom is -0.439 e. The lowest BCUT2D eigenvalue weighted by molar-refractivity contribution is 0.109. The SMILES string of the molecule is Cc1cc(S(C)(=O)=O)cc(C)c1-n1cc(-c2nc(C(C)(CO)CO)oc2-c2ccc(F)cc2F)ccc1=O. The van der Waals surface area contributed by atoms with Crippen LogP contribution >= 0.6 is 0 Å². The molecule has 0 atom stereocenters. The summed E-state index contributed by atoms with van der Waals surface area (Å²) in [5.74, 6) is -1.88. The normalized spacial score (nSPS) is 12.2. The Hall–Kier alpha value is -3.67. The first-order valence-electron chi connectivity index (χ1n) is 11.5. The predicted molar refractivity (Wildman–Crippen MR) is 137 cm³/mol. The molecular weight excluding hydrogens is 518 g/mol. The first kappa shape index (κ1) is 27.4. The van der Waals surface area contributed by atoms with Gasteiger partial charge < -0.3 is 14.6 Å². The van der Waals surface area contributed by atoms with E-state index in [-0.39, 0.29) is 27.8 Å². The van der Waals surface area contributed by atoms with Crippen molar-refractivity contribution in [1.82, 2.24) is 9.55 Å². The molecule has 0 aliphatic carbocycles. The molecule has 2 N–H and O–H groups in total. The van der Waals surface area contributed by atoms with Gasteiger partial charge in [0.1, 0.15) is 17.3 Å². The van der Waals surface area contributed by atoms with Crippen LogP contribution in [0.15, 0.2) is 62.8 Å². The van der Waals surface area contributed by atoms with Crippen LogP contribution in [-0.2, 0) is 15.3 Å². The summed E-state index contributed by atoms with van der Waals surface area (Å²) in [7, 11) is -3.48. The van der Waals surface area contributed by atoms with Gasteiger partial charge in [0.05, 0.1) is 34.8 Å². The molecule has 0 bridgehead atoms. The van der Waals surface area contributed by atoms with Crippen LogP contribution in [0.25, 0.3) is 28.3 Å². The van der Waals surface area contributed by atoms with Gasteiger partial charge in [0.25, 0.3) is 5.56 Å². The summed E-state index contributed by atoms with van der Waals surface area (Å²) in [6.45, 7) is 3.80. The van der Waals surface area contributed by atoms with E-state index in [2.05, 4.69) is 4.98 Å². The highest BCUT2D eigenvalue weighted by Gasteiger charge is 2.34. The van der Waals surface area contributed by atoms with Gasteiger partial charge in [-0.05, 0) is 62.2 Å². The third kappa shape index (κ3) is 4.92. The van der Waals surface area contributed by atoms with Crippen molar-refractivity contribution < 1.29 is 31.8 Å². The molecule has 0 fully saturated rings. The number of aliphatic hydroxyl groups excluding tert-OH is 2. The Morgan fingerprint density at radius 1 is 1.03 bits per heavy atom. The third-order valence-corrected chi connectivity index (χ3v) is 7.43. The standard InChI is InChI=1S/C27H26F2N2O6S/c1-15-9-19(38(4,35)36)10-16(2)24(15)31-12-17(5-8-22(31)34)23-25(20-7-6-18(28)11-21(20)29)37-26(30-23)27(3,13-32)14-33/h5-12,32-33H,13-14H2,1-4H3. The van der Waals surface area contributed by atoms with Gasteiger partial charge in [-0.25, -0.2) is 22.2 Å². The number of sulfone groups is 1. The molecule has 0 amide bonds. The molecule has 0 radical (unpaired) electrons. The summed E-state index contributed by atoms with van der Waals surface area (Å²) >= 11 is 0. The number of nitrogens with zero attached hydrogens (tertiary/aromatic N) is 2. The van der Waals surface area contributed by atoms with E-state index in [0.29, 0.717) is 28.4 Å². The van der Waals surface area contributed by atoms with Crippen molar-refractivity contribution in [2.45, 2.75) is 31.1 Å². The van der Waals surface area contributed by atoms with E-state index >= 15 is 0 Å². The van der Waals surface area contributed by atoms with E-state index in [9.17, 15) is 32.2 Å². The zero-order valence-corrected chi connectivity index (χ0v) is 21.9. The van der Waals surface area contributed by atoms with Crippen molar-refractivity contribution in [3.8, 4) is 28.3 Å². The number of aliphatic hydroxyl groups is 2. The van der Waals surface area contributed by atoms with Crippen LogP contribution in [-0.4, -0.2) is 47.7 Å². The second-order valence-electron chi connectivity index (χ2n) is 9.50. The Kier molecular flexibility index (Phi) is 7.13. The van der Waals surface area contributed by atoms with Crippen molar-refractivity contribution in [2.75, 3.05) is 19.5 Å². The highest BCUT2D eigenvalue weighted by Crippen LogP contribution is 2.38. The van der Waals surface area contributed by atoms with Crippen LogP contribution in [0.4, 0.5) is 8.78 Å². The lowest BCUT2D eigenvalue weighted by Crippen LogP contribution is -2.31. The molecule has 2 heterocycles. The molecular formula is C27H26F2N2O6S. The lowest BCUT2D eigenvalue weighted by Gasteiger charge is -2.19. The molecule has 8 nitrogen and oxygen atoms in total. The zero-order chi connectivity index (χ0) is 28.0. The molecule has 4 aromatic rings. The molecule has 2 aromatic heterocycles. The van der Waals surface area contributed by atoms with Crippen molar-refractivity contribution in [3.05, 3.63) is 87.7 Å². The van der Waals surface area contributed by atoms with Crippen LogP contribution in [0.3, 0.4) is 0 Å². The van der Waals surface area contributed by atoms with E-state index in [1.54, 1.807) is 13.8 Å². The summed E-state index contributed by atoms with van der Waals surface area (Å²) in [5, 5.41) is 19.7. The zero-order valence-electron chi connectivity index (χ0n) is 21.1. The Labute approximate surface area is 217 Å². The van der Waals surface area contributed by atoms with Crippen LogP contribution in [0.2, 0.25) is 0 Å². The maximum atomic E-state index is 14.8. The van der Waals surface area contributed by atoms with Gasteiger partial charge >= 0.3 is 0 Å². The molecule has 4 rings (SSSR count). The number of aromatic nitrogens is 2. The fourth-order valence-corrected chi connectivity index (χ4v) is 4.91. The molecule has 0 unspecified atom stereocenters. The van der Waals surface area contributed by atoms with Crippen LogP contribution < -0.4 is 5.56 Å². The number of rotatable bonds is 7. The molecule has 0 aliphatic heterocycles. The number of oxazole rings is 1. The number of hydrogen-bond acceptors (Lipinski definition) is 7. The van der Waals surface area contributed by atoms with E-state index in [1.165, 1.54) is 48.0 Å². The largest absolute Gasteiger partial charge is 0.439 e. The van der Waals surface area contributed by atoms with Crippen molar-refractivity contribution in [1.29, 1.82) is 0 Å². The van der Waals surface area contributed by atoms with Crippen LogP contribution in [0.5, 0.6) is 0 Å². The summed E-state index contributed by atoms with van der Waals surface area (Å²) in [4.78, 5) is 17.5. The fraction of sp³-hybridized carbons (Fsp3) is 0.259. The number of benzene rings is 2. The minimum absolute atomic E-state index is 0.0844. The van der Waals surface area contributed by atoms with Crippen molar-refractivity contribution in [3.63, 3.8) is 0 Å². The Balaban J connectivity index is 1.98. The van der Waals surface area contributed by atoms with Crippen LogP contribution in [0, 0.1) is 25.5 Å². The lowest BCUT2D eigenvalue weighted by atomic mass is 9.93. The van der Waals surface area contributed by atoms with Crippen molar-refractivity contribution in [2.24, 2.45) is 0 Å². The second-order valence-corrected chi connectivity index (χ2v) is 11.5. The molecule has 11 heteroatoms. The van der Waals surface area contributed by atoms with Gasteiger partial charge in [-0.1, -0.05) is 0 Å². The van der Waals surface area contributed by atoms with Gasteiger partial charge in [0.2, 0.25) is 5.89 Å². The van der Waals surface area contributed by atoms with E-state index in [0.717, 1.165) is 12.3 Å². The van der Waals surface area contributed by atoms with Crippen molar-refractivity contribution >= 4 is 9.84 Å². The third-order valence-electron chi connectivity index (χ3n) is 6.34. The number of hydrogen-bond donors (Lipinski definition) is 2. The number of halogens is 2. The number of aryl methyl sites for hydroxylation is 2. The molecule has 0 saturated carbocycles. The molecule has 200 valence electrons. The summed E-state index contributed by atoms with van der Waals surface area (Å²) in [6, 6.07) is 8.60. The average Bonchev–Trinajstić information content (AvgIpc) is 3.29. The average molecular weight is 545 g/mol.